The fourth-order valence-corrected chi connectivity index (χ4v) is 5.29. The van der Waals surface area contributed by atoms with Crippen LogP contribution in [-0.2, 0) is 19.6 Å². The van der Waals surface area contributed by atoms with E-state index in [9.17, 15) is 23.2 Å². The summed E-state index contributed by atoms with van der Waals surface area (Å²) < 4.78 is 25.1. The molecule has 9 heteroatoms. The number of nitrogens with zero attached hydrogens (tertiary/aromatic N) is 3. The SMILES string of the molecule is CCCCN(CN(O)C(=O)C[C@@H](CC1CCCC1)C(=O)N1CCCCC1)S(C)(=O)=O. The minimum Gasteiger partial charge on any atom is -0.342 e. The number of hydroxylamine groups is 2. The van der Waals surface area contributed by atoms with Gasteiger partial charge in [-0.05, 0) is 38.0 Å². The van der Waals surface area contributed by atoms with Crippen LogP contribution in [-0.4, -0.2) is 72.3 Å². The highest BCUT2D eigenvalue weighted by Gasteiger charge is 2.32. The molecule has 1 heterocycles. The van der Waals surface area contributed by atoms with E-state index in [0.717, 1.165) is 75.0 Å². The Morgan fingerprint density at radius 3 is 2.30 bits per heavy atom. The van der Waals surface area contributed by atoms with E-state index in [-0.39, 0.29) is 18.9 Å². The summed E-state index contributed by atoms with van der Waals surface area (Å²) in [6, 6.07) is 0. The number of sulfonamides is 1. The van der Waals surface area contributed by atoms with Gasteiger partial charge in [-0.2, -0.15) is 4.31 Å². The highest BCUT2D eigenvalue weighted by molar-refractivity contribution is 7.88. The molecule has 0 aromatic rings. The van der Waals surface area contributed by atoms with Gasteiger partial charge in [0.05, 0.1) is 6.26 Å². The predicted octanol–water partition coefficient (Wildman–Crippen LogP) is 2.82. The van der Waals surface area contributed by atoms with Crippen molar-refractivity contribution in [3.63, 3.8) is 0 Å². The zero-order chi connectivity index (χ0) is 22.1. The van der Waals surface area contributed by atoms with Crippen LogP contribution in [0.3, 0.4) is 0 Å². The van der Waals surface area contributed by atoms with Gasteiger partial charge in [0.1, 0.15) is 6.67 Å². The fraction of sp³-hybridized carbons (Fsp3) is 0.905. The number of hydrogen-bond acceptors (Lipinski definition) is 5. The van der Waals surface area contributed by atoms with E-state index in [2.05, 4.69) is 0 Å². The molecule has 2 aliphatic rings. The number of carbonyl (C=O) groups excluding carboxylic acids is 2. The van der Waals surface area contributed by atoms with Crippen LogP contribution < -0.4 is 0 Å². The van der Waals surface area contributed by atoms with Crippen LogP contribution >= 0.6 is 0 Å². The van der Waals surface area contributed by atoms with Crippen LogP contribution in [0, 0.1) is 11.8 Å². The van der Waals surface area contributed by atoms with Gasteiger partial charge in [0.15, 0.2) is 0 Å². The molecule has 1 N–H and O–H groups in total. The van der Waals surface area contributed by atoms with E-state index >= 15 is 0 Å². The van der Waals surface area contributed by atoms with Gasteiger partial charge in [0.2, 0.25) is 21.8 Å². The molecule has 2 rings (SSSR count). The summed E-state index contributed by atoms with van der Waals surface area (Å²) in [5.74, 6) is -0.584. The van der Waals surface area contributed by atoms with Crippen molar-refractivity contribution in [3.05, 3.63) is 0 Å². The Kier molecular flexibility index (Phi) is 10.0. The Balaban J connectivity index is 2.02. The zero-order valence-corrected chi connectivity index (χ0v) is 19.4. The van der Waals surface area contributed by atoms with Crippen LogP contribution in [0.5, 0.6) is 0 Å². The van der Waals surface area contributed by atoms with Crippen LogP contribution in [0.4, 0.5) is 0 Å². The summed E-state index contributed by atoms with van der Waals surface area (Å²) in [7, 11) is -3.54. The summed E-state index contributed by atoms with van der Waals surface area (Å²) in [6.07, 6.45) is 10.7. The molecular formula is C21H39N3O5S. The molecule has 0 spiro atoms. The second-order valence-electron chi connectivity index (χ2n) is 8.90. The number of rotatable bonds is 11. The molecule has 174 valence electrons. The van der Waals surface area contributed by atoms with Crippen molar-refractivity contribution in [1.29, 1.82) is 0 Å². The average Bonchev–Trinajstić information content (AvgIpc) is 3.22. The summed E-state index contributed by atoms with van der Waals surface area (Å²) in [5.41, 5.74) is 0. The van der Waals surface area contributed by atoms with Gasteiger partial charge in [0, 0.05) is 32.0 Å². The Morgan fingerprint density at radius 2 is 1.73 bits per heavy atom. The molecule has 0 unspecified atom stereocenters. The normalized spacial score (nSPS) is 19.3. The molecule has 1 aliphatic heterocycles. The predicted molar refractivity (Wildman–Crippen MR) is 115 cm³/mol. The summed E-state index contributed by atoms with van der Waals surface area (Å²) in [6.45, 7) is 3.26. The van der Waals surface area contributed by atoms with Crippen molar-refractivity contribution in [1.82, 2.24) is 14.3 Å². The molecule has 0 bridgehead atoms. The lowest BCUT2D eigenvalue weighted by Crippen LogP contribution is -2.45. The molecule has 8 nitrogen and oxygen atoms in total. The largest absolute Gasteiger partial charge is 0.342 e. The van der Waals surface area contributed by atoms with Crippen molar-refractivity contribution >= 4 is 21.8 Å². The number of unbranched alkanes of at least 4 members (excludes halogenated alkanes) is 1. The molecule has 1 saturated carbocycles. The Morgan fingerprint density at radius 1 is 1.10 bits per heavy atom. The van der Waals surface area contributed by atoms with Gasteiger partial charge < -0.3 is 4.90 Å². The molecule has 2 amide bonds. The molecule has 2 fully saturated rings. The second kappa shape index (κ2) is 12.0. The van der Waals surface area contributed by atoms with Crippen molar-refractivity contribution in [2.45, 2.75) is 77.6 Å². The van der Waals surface area contributed by atoms with Gasteiger partial charge >= 0.3 is 0 Å². The van der Waals surface area contributed by atoms with E-state index in [1.165, 1.54) is 0 Å². The maximum atomic E-state index is 13.1. The maximum Gasteiger partial charge on any atom is 0.247 e. The van der Waals surface area contributed by atoms with Gasteiger partial charge in [-0.25, -0.2) is 13.5 Å². The van der Waals surface area contributed by atoms with E-state index in [1.54, 1.807) is 0 Å². The average molecular weight is 446 g/mol. The molecule has 0 radical (unpaired) electrons. The third-order valence-corrected chi connectivity index (χ3v) is 7.58. The fourth-order valence-electron chi connectivity index (χ4n) is 4.51. The monoisotopic (exact) mass is 445 g/mol. The van der Waals surface area contributed by atoms with Crippen molar-refractivity contribution < 1.29 is 23.2 Å². The van der Waals surface area contributed by atoms with E-state index in [0.29, 0.717) is 23.8 Å². The van der Waals surface area contributed by atoms with Gasteiger partial charge in [0.25, 0.3) is 0 Å². The first-order valence-electron chi connectivity index (χ1n) is 11.5. The van der Waals surface area contributed by atoms with Crippen LogP contribution in [0.2, 0.25) is 0 Å². The van der Waals surface area contributed by atoms with Crippen molar-refractivity contribution in [3.8, 4) is 0 Å². The van der Waals surface area contributed by atoms with E-state index in [4.69, 9.17) is 0 Å². The lowest BCUT2D eigenvalue weighted by molar-refractivity contribution is -0.173. The summed E-state index contributed by atoms with van der Waals surface area (Å²) in [5, 5.41) is 10.8. The Bertz CT molecular complexity index is 658. The Labute approximate surface area is 181 Å². The molecule has 1 aliphatic carbocycles. The number of amides is 2. The molecule has 30 heavy (non-hydrogen) atoms. The molecule has 1 atom stereocenters. The first kappa shape index (κ1) is 25.1. The first-order chi connectivity index (χ1) is 14.2. The summed E-state index contributed by atoms with van der Waals surface area (Å²) >= 11 is 0. The van der Waals surface area contributed by atoms with Crippen LogP contribution in [0.25, 0.3) is 0 Å². The number of hydrogen-bond donors (Lipinski definition) is 1. The lowest BCUT2D eigenvalue weighted by Gasteiger charge is -2.32. The minimum absolute atomic E-state index is 0.00861. The third-order valence-electron chi connectivity index (χ3n) is 6.34. The van der Waals surface area contributed by atoms with Gasteiger partial charge in [-0.3, -0.25) is 14.8 Å². The molecular weight excluding hydrogens is 406 g/mol. The second-order valence-corrected chi connectivity index (χ2v) is 10.9. The van der Waals surface area contributed by atoms with E-state index < -0.39 is 28.5 Å². The number of carbonyl (C=O) groups is 2. The van der Waals surface area contributed by atoms with E-state index in [1.807, 2.05) is 11.8 Å². The van der Waals surface area contributed by atoms with Crippen LogP contribution in [0.15, 0.2) is 0 Å². The highest BCUT2D eigenvalue weighted by Crippen LogP contribution is 2.32. The van der Waals surface area contributed by atoms with Gasteiger partial charge in [-0.15, -0.1) is 0 Å². The maximum absolute atomic E-state index is 13.1. The van der Waals surface area contributed by atoms with Crippen molar-refractivity contribution in [2.24, 2.45) is 11.8 Å². The first-order valence-corrected chi connectivity index (χ1v) is 13.3. The highest BCUT2D eigenvalue weighted by atomic mass is 32.2. The lowest BCUT2D eigenvalue weighted by atomic mass is 9.89. The van der Waals surface area contributed by atoms with Gasteiger partial charge in [-0.1, -0.05) is 39.0 Å². The number of likely N-dealkylation sites (tertiary alicyclic amines) is 1. The molecule has 0 aromatic heterocycles. The standard InChI is InChI=1S/C21H39N3O5S/c1-3-4-14-23(30(2,28)29)17-24(27)20(25)16-19(15-18-10-6-7-11-18)21(26)22-12-8-5-9-13-22/h18-19,27H,3-17H2,1-2H3/t19-/m1/s1. The topological polar surface area (TPSA) is 98.2 Å². The zero-order valence-electron chi connectivity index (χ0n) is 18.6. The number of piperidine rings is 1. The third kappa shape index (κ3) is 7.81. The summed E-state index contributed by atoms with van der Waals surface area (Å²) in [4.78, 5) is 27.7. The molecule has 1 saturated heterocycles. The Hall–Kier alpha value is -1.19. The quantitative estimate of drug-likeness (QED) is 0.300. The molecule has 0 aromatic carbocycles. The minimum atomic E-state index is -3.54. The van der Waals surface area contributed by atoms with Crippen LogP contribution in [0.1, 0.15) is 77.6 Å². The van der Waals surface area contributed by atoms with Crippen molar-refractivity contribution in [2.75, 3.05) is 32.6 Å². The smallest absolute Gasteiger partial charge is 0.247 e.